The van der Waals surface area contributed by atoms with Crippen molar-refractivity contribution in [1.29, 1.82) is 0 Å². The molecule has 1 aromatic carbocycles. The molecule has 4 nitrogen and oxygen atoms in total. The molecule has 2 aromatic rings. The lowest BCUT2D eigenvalue weighted by Crippen LogP contribution is -2.24. The standard InChI is InChI=1S/C17H19IN2O2/c1-3-10-22-17-13(7-5-9-19-17)11-20-16(21)14-8-4-6-12(2)15(14)18/h4-9H,3,10-11H2,1-2H3,(H,20,21). The van der Waals surface area contributed by atoms with Crippen molar-refractivity contribution in [3.8, 4) is 5.88 Å². The summed E-state index contributed by atoms with van der Waals surface area (Å²) in [6.45, 7) is 5.06. The molecule has 0 aliphatic rings. The first kappa shape index (κ1) is 16.7. The van der Waals surface area contributed by atoms with Crippen LogP contribution in [-0.2, 0) is 6.54 Å². The molecule has 0 fully saturated rings. The average Bonchev–Trinajstić information content (AvgIpc) is 2.54. The number of rotatable bonds is 6. The summed E-state index contributed by atoms with van der Waals surface area (Å²) in [7, 11) is 0. The van der Waals surface area contributed by atoms with Crippen molar-refractivity contribution in [1.82, 2.24) is 10.3 Å². The smallest absolute Gasteiger partial charge is 0.252 e. The van der Waals surface area contributed by atoms with Crippen molar-refractivity contribution in [3.63, 3.8) is 0 Å². The Balaban J connectivity index is 2.07. The zero-order valence-corrected chi connectivity index (χ0v) is 14.9. The predicted molar refractivity (Wildman–Crippen MR) is 95.1 cm³/mol. The highest BCUT2D eigenvalue weighted by atomic mass is 127. The van der Waals surface area contributed by atoms with E-state index in [-0.39, 0.29) is 5.91 Å². The second-order valence-corrected chi connectivity index (χ2v) is 6.01. The highest BCUT2D eigenvalue weighted by molar-refractivity contribution is 14.1. The molecule has 0 aliphatic carbocycles. The van der Waals surface area contributed by atoms with Crippen molar-refractivity contribution < 1.29 is 9.53 Å². The molecule has 2 rings (SSSR count). The molecule has 0 spiro atoms. The van der Waals surface area contributed by atoms with Gasteiger partial charge in [-0.25, -0.2) is 4.98 Å². The molecule has 0 saturated heterocycles. The van der Waals surface area contributed by atoms with Gasteiger partial charge in [-0.2, -0.15) is 0 Å². The molecule has 116 valence electrons. The molecule has 0 unspecified atom stereocenters. The first-order valence-electron chi connectivity index (χ1n) is 7.23. The van der Waals surface area contributed by atoms with Crippen LogP contribution >= 0.6 is 22.6 Å². The Bertz CT molecular complexity index is 659. The van der Waals surface area contributed by atoms with Crippen LogP contribution in [0.1, 0.15) is 34.8 Å². The maximum Gasteiger partial charge on any atom is 0.252 e. The van der Waals surface area contributed by atoms with Gasteiger partial charge in [0.15, 0.2) is 0 Å². The fourth-order valence-corrected chi connectivity index (χ4v) is 2.59. The van der Waals surface area contributed by atoms with Crippen LogP contribution in [0.3, 0.4) is 0 Å². The van der Waals surface area contributed by atoms with Gasteiger partial charge in [0.05, 0.1) is 12.2 Å². The first-order valence-corrected chi connectivity index (χ1v) is 8.31. The van der Waals surface area contributed by atoms with Crippen LogP contribution in [-0.4, -0.2) is 17.5 Å². The Hall–Kier alpha value is -1.63. The molecule has 0 atom stereocenters. The van der Waals surface area contributed by atoms with E-state index in [4.69, 9.17) is 4.74 Å². The summed E-state index contributed by atoms with van der Waals surface area (Å²) in [5.41, 5.74) is 2.68. The molecule has 1 aromatic heterocycles. The number of hydrogen-bond donors (Lipinski definition) is 1. The lowest BCUT2D eigenvalue weighted by Gasteiger charge is -2.11. The Labute approximate surface area is 144 Å². The van der Waals surface area contributed by atoms with Crippen LogP contribution in [0.2, 0.25) is 0 Å². The van der Waals surface area contributed by atoms with E-state index < -0.39 is 0 Å². The fourth-order valence-electron chi connectivity index (χ4n) is 1.98. The van der Waals surface area contributed by atoms with Crippen molar-refractivity contribution in [2.24, 2.45) is 0 Å². The summed E-state index contributed by atoms with van der Waals surface area (Å²) in [4.78, 5) is 16.6. The molecule has 22 heavy (non-hydrogen) atoms. The second kappa shape index (κ2) is 8.12. The number of ether oxygens (including phenoxy) is 1. The van der Waals surface area contributed by atoms with Crippen LogP contribution in [0.5, 0.6) is 5.88 Å². The SMILES string of the molecule is CCCOc1ncccc1CNC(=O)c1cccc(C)c1I. The summed E-state index contributed by atoms with van der Waals surface area (Å²) >= 11 is 2.20. The normalized spacial score (nSPS) is 10.3. The van der Waals surface area contributed by atoms with Crippen LogP contribution < -0.4 is 10.1 Å². The van der Waals surface area contributed by atoms with Gasteiger partial charge < -0.3 is 10.1 Å². The third-order valence-electron chi connectivity index (χ3n) is 3.17. The van der Waals surface area contributed by atoms with Crippen LogP contribution in [0.25, 0.3) is 0 Å². The molecule has 0 radical (unpaired) electrons. The van der Waals surface area contributed by atoms with Crippen LogP contribution in [0.15, 0.2) is 36.5 Å². The van der Waals surface area contributed by atoms with Gasteiger partial charge in [-0.15, -0.1) is 0 Å². The fraction of sp³-hybridized carbons (Fsp3) is 0.294. The minimum absolute atomic E-state index is 0.0848. The molecule has 0 saturated carbocycles. The number of halogens is 1. The maximum atomic E-state index is 12.3. The van der Waals surface area contributed by atoms with E-state index in [1.54, 1.807) is 6.20 Å². The Morgan fingerprint density at radius 2 is 2.14 bits per heavy atom. The monoisotopic (exact) mass is 410 g/mol. The van der Waals surface area contributed by atoms with E-state index in [1.807, 2.05) is 44.2 Å². The number of nitrogens with zero attached hydrogens (tertiary/aromatic N) is 1. The quantitative estimate of drug-likeness (QED) is 0.739. The van der Waals surface area contributed by atoms with Gasteiger partial charge in [0.25, 0.3) is 5.91 Å². The summed E-state index contributed by atoms with van der Waals surface area (Å²) in [5, 5.41) is 2.94. The zero-order valence-electron chi connectivity index (χ0n) is 12.7. The van der Waals surface area contributed by atoms with Gasteiger partial charge in [-0.3, -0.25) is 4.79 Å². The van der Waals surface area contributed by atoms with E-state index >= 15 is 0 Å². The van der Waals surface area contributed by atoms with Crippen molar-refractivity contribution >= 4 is 28.5 Å². The average molecular weight is 410 g/mol. The number of pyridine rings is 1. The number of hydrogen-bond acceptors (Lipinski definition) is 3. The molecule has 1 heterocycles. The summed E-state index contributed by atoms with van der Waals surface area (Å²) in [6.07, 6.45) is 2.61. The van der Waals surface area contributed by atoms with Crippen molar-refractivity contribution in [2.75, 3.05) is 6.61 Å². The number of amides is 1. The first-order chi connectivity index (χ1) is 10.6. The maximum absolute atomic E-state index is 12.3. The number of carbonyl (C=O) groups is 1. The molecule has 5 heteroatoms. The van der Waals surface area contributed by atoms with Crippen LogP contribution in [0, 0.1) is 10.5 Å². The molecule has 0 bridgehead atoms. The number of aryl methyl sites for hydroxylation is 1. The topological polar surface area (TPSA) is 51.2 Å². The number of nitrogens with one attached hydrogen (secondary N) is 1. The minimum atomic E-state index is -0.0848. The van der Waals surface area contributed by atoms with Gasteiger partial charge in [0, 0.05) is 21.9 Å². The Morgan fingerprint density at radius 3 is 2.91 bits per heavy atom. The zero-order chi connectivity index (χ0) is 15.9. The Kier molecular flexibility index (Phi) is 6.18. The van der Waals surface area contributed by atoms with E-state index in [0.717, 1.165) is 21.1 Å². The third kappa shape index (κ3) is 4.19. The highest BCUT2D eigenvalue weighted by Gasteiger charge is 2.12. The second-order valence-electron chi connectivity index (χ2n) is 4.94. The summed E-state index contributed by atoms with van der Waals surface area (Å²) in [5.74, 6) is 0.502. The van der Waals surface area contributed by atoms with E-state index in [2.05, 4.69) is 32.9 Å². The van der Waals surface area contributed by atoms with Crippen molar-refractivity contribution in [2.45, 2.75) is 26.8 Å². The van der Waals surface area contributed by atoms with Crippen molar-refractivity contribution in [3.05, 3.63) is 56.8 Å². The van der Waals surface area contributed by atoms with E-state index in [0.29, 0.717) is 24.6 Å². The predicted octanol–water partition coefficient (Wildman–Crippen LogP) is 3.71. The number of benzene rings is 1. The number of aromatic nitrogens is 1. The molecule has 1 N–H and O–H groups in total. The lowest BCUT2D eigenvalue weighted by molar-refractivity contribution is 0.0949. The molecular formula is C17H19IN2O2. The van der Waals surface area contributed by atoms with E-state index in [9.17, 15) is 4.79 Å². The van der Waals surface area contributed by atoms with Gasteiger partial charge in [0.1, 0.15) is 0 Å². The molecule has 1 amide bonds. The molecular weight excluding hydrogens is 391 g/mol. The van der Waals surface area contributed by atoms with Gasteiger partial charge >= 0.3 is 0 Å². The largest absolute Gasteiger partial charge is 0.477 e. The minimum Gasteiger partial charge on any atom is -0.477 e. The highest BCUT2D eigenvalue weighted by Crippen LogP contribution is 2.18. The Morgan fingerprint density at radius 1 is 1.32 bits per heavy atom. The van der Waals surface area contributed by atoms with Gasteiger partial charge in [-0.1, -0.05) is 25.1 Å². The van der Waals surface area contributed by atoms with E-state index in [1.165, 1.54) is 0 Å². The summed E-state index contributed by atoms with van der Waals surface area (Å²) < 4.78 is 6.58. The molecule has 0 aliphatic heterocycles. The number of carbonyl (C=O) groups excluding carboxylic acids is 1. The lowest BCUT2D eigenvalue weighted by atomic mass is 10.1. The van der Waals surface area contributed by atoms with Crippen LogP contribution in [0.4, 0.5) is 0 Å². The summed E-state index contributed by atoms with van der Waals surface area (Å²) in [6, 6.07) is 9.49. The third-order valence-corrected chi connectivity index (χ3v) is 4.60. The van der Waals surface area contributed by atoms with Gasteiger partial charge in [-0.05, 0) is 53.6 Å². The van der Waals surface area contributed by atoms with Gasteiger partial charge in [0.2, 0.25) is 5.88 Å².